The maximum absolute atomic E-state index is 12.3. The third-order valence-corrected chi connectivity index (χ3v) is 6.27. The third kappa shape index (κ3) is 7.43. The Morgan fingerprint density at radius 3 is 2.39 bits per heavy atom. The Balaban J connectivity index is 1.38. The van der Waals surface area contributed by atoms with E-state index in [1.165, 1.54) is 6.42 Å². The fourth-order valence-electron chi connectivity index (χ4n) is 4.49. The van der Waals surface area contributed by atoms with E-state index in [0.717, 1.165) is 52.0 Å². The van der Waals surface area contributed by atoms with Crippen molar-refractivity contribution in [2.45, 2.75) is 44.6 Å². The van der Waals surface area contributed by atoms with Gasteiger partial charge in [-0.2, -0.15) is 0 Å². The van der Waals surface area contributed by atoms with Gasteiger partial charge in [0, 0.05) is 30.7 Å². The van der Waals surface area contributed by atoms with E-state index >= 15 is 0 Å². The smallest absolute Gasteiger partial charge is 0.325 e. The van der Waals surface area contributed by atoms with Crippen molar-refractivity contribution >= 4 is 17.8 Å². The summed E-state index contributed by atoms with van der Waals surface area (Å²) in [6, 6.07) is 6.62. The van der Waals surface area contributed by atoms with Crippen molar-refractivity contribution in [3.63, 3.8) is 0 Å². The Bertz CT molecular complexity index is 786. The molecule has 0 aromatic heterocycles. The molecule has 3 rings (SSSR count). The Hall–Kier alpha value is -2.65. The minimum Gasteiger partial charge on any atom is -0.494 e. The Morgan fingerprint density at radius 1 is 1.03 bits per heavy atom. The Morgan fingerprint density at radius 2 is 1.73 bits per heavy atom. The molecule has 1 aromatic carbocycles. The van der Waals surface area contributed by atoms with Gasteiger partial charge in [-0.15, -0.1) is 0 Å². The minimum absolute atomic E-state index is 0.0482. The zero-order chi connectivity index (χ0) is 23.5. The summed E-state index contributed by atoms with van der Waals surface area (Å²) in [5, 5.41) is 5.46. The largest absolute Gasteiger partial charge is 0.494 e. The molecule has 2 aliphatic rings. The van der Waals surface area contributed by atoms with E-state index < -0.39 is 11.9 Å². The molecule has 9 nitrogen and oxygen atoms in total. The number of morpholine rings is 1. The summed E-state index contributed by atoms with van der Waals surface area (Å²) in [5.74, 6) is -0.725. The van der Waals surface area contributed by atoms with Gasteiger partial charge in [-0.1, -0.05) is 19.3 Å². The second kappa shape index (κ2) is 12.6. The molecule has 0 bridgehead atoms. The molecule has 0 spiro atoms. The zero-order valence-corrected chi connectivity index (χ0v) is 19.4. The first-order valence-corrected chi connectivity index (χ1v) is 11.8. The molecule has 0 unspecified atom stereocenters. The van der Waals surface area contributed by atoms with Crippen LogP contribution in [-0.4, -0.2) is 80.8 Å². The van der Waals surface area contributed by atoms with Crippen LogP contribution >= 0.6 is 0 Å². The maximum Gasteiger partial charge on any atom is 0.325 e. The minimum atomic E-state index is -0.662. The molecule has 2 fully saturated rings. The first kappa shape index (κ1) is 25.0. The molecular formula is C24H35N3O6. The molecule has 1 heterocycles. The molecule has 0 atom stereocenters. The average Bonchev–Trinajstić information content (AvgIpc) is 2.86. The number of ether oxygens (including phenoxy) is 3. The summed E-state index contributed by atoms with van der Waals surface area (Å²) in [4.78, 5) is 38.9. The number of hydrogen-bond donors (Lipinski definition) is 2. The van der Waals surface area contributed by atoms with Gasteiger partial charge >= 0.3 is 5.97 Å². The van der Waals surface area contributed by atoms with Crippen LogP contribution < -0.4 is 15.4 Å². The van der Waals surface area contributed by atoms with E-state index in [2.05, 4.69) is 15.5 Å². The van der Waals surface area contributed by atoms with Crippen LogP contribution in [0.4, 0.5) is 0 Å². The van der Waals surface area contributed by atoms with Crippen molar-refractivity contribution in [1.29, 1.82) is 0 Å². The number of esters is 1. The molecule has 33 heavy (non-hydrogen) atoms. The van der Waals surface area contributed by atoms with Gasteiger partial charge < -0.3 is 24.8 Å². The van der Waals surface area contributed by atoms with Gasteiger partial charge in [0.2, 0.25) is 0 Å². The van der Waals surface area contributed by atoms with Crippen molar-refractivity contribution < 1.29 is 28.6 Å². The highest BCUT2D eigenvalue weighted by Crippen LogP contribution is 2.33. The van der Waals surface area contributed by atoms with Gasteiger partial charge in [-0.3, -0.25) is 19.3 Å². The molecule has 2 amide bonds. The van der Waals surface area contributed by atoms with E-state index in [1.54, 1.807) is 24.3 Å². The van der Waals surface area contributed by atoms with E-state index in [-0.39, 0.29) is 24.6 Å². The molecule has 1 saturated carbocycles. The molecule has 9 heteroatoms. The number of carbonyl (C=O) groups is 3. The SMILES string of the molecule is CCOc1ccc(C(=O)NCC(=O)OCC(=O)NCC2(N3CCOCC3)CCCCC2)cc1. The highest BCUT2D eigenvalue weighted by atomic mass is 16.5. The van der Waals surface area contributed by atoms with E-state index in [4.69, 9.17) is 14.2 Å². The van der Waals surface area contributed by atoms with Gasteiger partial charge in [0.25, 0.3) is 11.8 Å². The molecule has 182 valence electrons. The predicted molar refractivity (Wildman–Crippen MR) is 122 cm³/mol. The molecule has 1 aliphatic heterocycles. The number of nitrogens with zero attached hydrogens (tertiary/aromatic N) is 1. The van der Waals surface area contributed by atoms with Crippen LogP contribution in [0.3, 0.4) is 0 Å². The maximum atomic E-state index is 12.3. The molecule has 1 aliphatic carbocycles. The highest BCUT2D eigenvalue weighted by molar-refractivity contribution is 5.96. The summed E-state index contributed by atoms with van der Waals surface area (Å²) in [6.07, 6.45) is 5.61. The normalized spacial score (nSPS) is 18.2. The summed E-state index contributed by atoms with van der Waals surface area (Å²) >= 11 is 0. The van der Waals surface area contributed by atoms with Crippen LogP contribution in [-0.2, 0) is 19.1 Å². The lowest BCUT2D eigenvalue weighted by molar-refractivity contribution is -0.147. The van der Waals surface area contributed by atoms with Crippen molar-refractivity contribution in [3.05, 3.63) is 29.8 Å². The lowest BCUT2D eigenvalue weighted by Crippen LogP contribution is -2.59. The quantitative estimate of drug-likeness (QED) is 0.509. The van der Waals surface area contributed by atoms with Crippen molar-refractivity contribution in [2.75, 3.05) is 52.6 Å². The number of amides is 2. The molecular weight excluding hydrogens is 426 g/mol. The van der Waals surface area contributed by atoms with Crippen molar-refractivity contribution in [2.24, 2.45) is 0 Å². The van der Waals surface area contributed by atoms with Crippen LogP contribution in [0, 0.1) is 0 Å². The monoisotopic (exact) mass is 461 g/mol. The number of carbonyl (C=O) groups excluding carboxylic acids is 3. The standard InChI is InChI=1S/C24H35N3O6/c1-2-32-20-8-6-19(7-9-20)23(30)25-16-22(29)33-17-21(28)26-18-24(10-4-3-5-11-24)27-12-14-31-15-13-27/h6-9H,2-5,10-18H2,1H3,(H,25,30)(H,26,28). The van der Waals surface area contributed by atoms with Crippen LogP contribution in [0.1, 0.15) is 49.4 Å². The second-order valence-corrected chi connectivity index (χ2v) is 8.46. The van der Waals surface area contributed by atoms with E-state index in [9.17, 15) is 14.4 Å². The number of nitrogens with one attached hydrogen (secondary N) is 2. The lowest BCUT2D eigenvalue weighted by atomic mass is 9.79. The molecule has 2 N–H and O–H groups in total. The van der Waals surface area contributed by atoms with Gasteiger partial charge in [-0.05, 0) is 44.0 Å². The topological polar surface area (TPSA) is 106 Å². The van der Waals surface area contributed by atoms with Crippen molar-refractivity contribution in [1.82, 2.24) is 15.5 Å². The highest BCUT2D eigenvalue weighted by Gasteiger charge is 2.38. The van der Waals surface area contributed by atoms with Crippen LogP contribution in [0.25, 0.3) is 0 Å². The molecule has 1 aromatic rings. The fraction of sp³-hybridized carbons (Fsp3) is 0.625. The average molecular weight is 462 g/mol. The first-order chi connectivity index (χ1) is 16.0. The van der Waals surface area contributed by atoms with Crippen LogP contribution in [0.15, 0.2) is 24.3 Å². The van der Waals surface area contributed by atoms with Crippen molar-refractivity contribution in [3.8, 4) is 5.75 Å². The van der Waals surface area contributed by atoms with Gasteiger partial charge in [0.15, 0.2) is 6.61 Å². The fourth-order valence-corrected chi connectivity index (χ4v) is 4.49. The number of rotatable bonds is 10. The second-order valence-electron chi connectivity index (χ2n) is 8.46. The molecule has 0 radical (unpaired) electrons. The van der Waals surface area contributed by atoms with Gasteiger partial charge in [0.05, 0.1) is 19.8 Å². The van der Waals surface area contributed by atoms with Gasteiger partial charge in [-0.25, -0.2) is 0 Å². The van der Waals surface area contributed by atoms with E-state index in [0.29, 0.717) is 24.5 Å². The molecule has 1 saturated heterocycles. The summed E-state index contributed by atoms with van der Waals surface area (Å²) < 4.78 is 15.9. The Labute approximate surface area is 195 Å². The van der Waals surface area contributed by atoms with E-state index in [1.807, 2.05) is 6.92 Å². The number of hydrogen-bond acceptors (Lipinski definition) is 7. The third-order valence-electron chi connectivity index (χ3n) is 6.27. The zero-order valence-electron chi connectivity index (χ0n) is 19.4. The van der Waals surface area contributed by atoms with Crippen LogP contribution in [0.2, 0.25) is 0 Å². The summed E-state index contributed by atoms with van der Waals surface area (Å²) in [7, 11) is 0. The lowest BCUT2D eigenvalue weighted by Gasteiger charge is -2.48. The Kier molecular flexibility index (Phi) is 9.50. The summed E-state index contributed by atoms with van der Waals surface area (Å²) in [6.45, 7) is 5.47. The first-order valence-electron chi connectivity index (χ1n) is 11.8. The number of benzene rings is 1. The van der Waals surface area contributed by atoms with Gasteiger partial charge in [0.1, 0.15) is 12.3 Å². The summed E-state index contributed by atoms with van der Waals surface area (Å²) in [5.41, 5.74) is 0.359. The van der Waals surface area contributed by atoms with Crippen LogP contribution in [0.5, 0.6) is 5.75 Å². The predicted octanol–water partition coefficient (Wildman–Crippen LogP) is 1.51.